The molecule has 0 radical (unpaired) electrons. The molecule has 1 N–H and O–H groups in total. The van der Waals surface area contributed by atoms with Crippen LogP contribution >= 0.6 is 0 Å². The van der Waals surface area contributed by atoms with Gasteiger partial charge < -0.3 is 5.11 Å². The number of Topliss-reactive ketones (excluding diaryl/α,β-unsaturated/α-hetero) is 1. The zero-order valence-electron chi connectivity index (χ0n) is 8.90. The van der Waals surface area contributed by atoms with Gasteiger partial charge in [-0.05, 0) is 12.1 Å². The van der Waals surface area contributed by atoms with E-state index >= 15 is 0 Å². The van der Waals surface area contributed by atoms with Gasteiger partial charge in [0, 0.05) is 19.1 Å². The average molecular weight is 235 g/mol. The highest BCUT2D eigenvalue weighted by Crippen LogP contribution is 2.18. The van der Waals surface area contributed by atoms with Gasteiger partial charge in [-0.1, -0.05) is 0 Å². The molecule has 17 heavy (non-hydrogen) atoms. The van der Waals surface area contributed by atoms with E-state index in [2.05, 4.69) is 10.2 Å². The Labute approximate surface area is 96.3 Å². The molecule has 0 saturated heterocycles. The summed E-state index contributed by atoms with van der Waals surface area (Å²) in [6, 6.07) is 5.31. The molecule has 0 atom stereocenters. The Kier molecular flexibility index (Phi) is 4.04. The van der Waals surface area contributed by atoms with Crippen LogP contribution in [0.25, 0.3) is 0 Å². The van der Waals surface area contributed by atoms with Gasteiger partial charge in [0.2, 0.25) is 0 Å². The maximum Gasteiger partial charge on any atom is 0.269 e. The number of nitro groups is 1. The van der Waals surface area contributed by atoms with Crippen LogP contribution in [-0.4, -0.2) is 15.8 Å². The molecule has 0 aromatic heterocycles. The smallest absolute Gasteiger partial charge is 0.269 e. The maximum absolute atomic E-state index is 10.9. The van der Waals surface area contributed by atoms with Crippen molar-refractivity contribution in [1.82, 2.24) is 0 Å². The van der Waals surface area contributed by atoms with Crippen LogP contribution in [0.5, 0.6) is 0 Å². The molecule has 0 amide bonds. The summed E-state index contributed by atoms with van der Waals surface area (Å²) in [7, 11) is 0. The van der Waals surface area contributed by atoms with Crippen molar-refractivity contribution in [2.75, 3.05) is 0 Å². The van der Waals surface area contributed by atoms with Gasteiger partial charge in [0.05, 0.1) is 10.6 Å². The van der Waals surface area contributed by atoms with Crippen LogP contribution < -0.4 is 0 Å². The van der Waals surface area contributed by atoms with Gasteiger partial charge in [0.1, 0.15) is 6.26 Å². The molecule has 0 aliphatic rings. The number of hydrogen-bond donors (Lipinski definition) is 1. The highest BCUT2D eigenvalue weighted by atomic mass is 16.6. The molecule has 88 valence electrons. The normalized spacial score (nSPS) is 11.7. The quantitative estimate of drug-likeness (QED) is 0.284. The number of benzene rings is 1. The lowest BCUT2D eigenvalue weighted by Gasteiger charge is -1.93. The molecule has 7 nitrogen and oxygen atoms in total. The number of allylic oxidation sites excluding steroid dienone is 1. The van der Waals surface area contributed by atoms with Crippen molar-refractivity contribution in [3.05, 3.63) is 46.3 Å². The standard InChI is InChI=1S/C10H9N3O4/c1-7(15)10(6-14)12-11-8-2-4-9(5-3-8)13(16)17/h2-6,14H,1H3. The van der Waals surface area contributed by atoms with Gasteiger partial charge in [-0.15, -0.1) is 5.11 Å². The lowest BCUT2D eigenvalue weighted by Crippen LogP contribution is -1.91. The van der Waals surface area contributed by atoms with E-state index < -0.39 is 10.7 Å². The van der Waals surface area contributed by atoms with Crippen LogP contribution in [0.1, 0.15) is 6.92 Å². The fourth-order valence-corrected chi connectivity index (χ4v) is 0.940. The average Bonchev–Trinajstić information content (AvgIpc) is 2.30. The minimum absolute atomic E-state index is 0.0616. The van der Waals surface area contributed by atoms with Crippen molar-refractivity contribution < 1.29 is 14.8 Å². The third kappa shape index (κ3) is 3.49. The van der Waals surface area contributed by atoms with E-state index in [4.69, 9.17) is 5.11 Å². The molecule has 1 aromatic rings. The highest BCUT2D eigenvalue weighted by Gasteiger charge is 2.04. The number of azo groups is 1. The molecule has 0 unspecified atom stereocenters. The van der Waals surface area contributed by atoms with Crippen LogP contribution in [0.4, 0.5) is 11.4 Å². The van der Waals surface area contributed by atoms with Crippen molar-refractivity contribution in [3.8, 4) is 0 Å². The van der Waals surface area contributed by atoms with Crippen LogP contribution in [0.15, 0.2) is 46.5 Å². The minimum atomic E-state index is -0.532. The second-order valence-electron chi connectivity index (χ2n) is 3.04. The number of rotatable bonds is 4. The Morgan fingerprint density at radius 3 is 2.41 bits per heavy atom. The SMILES string of the molecule is CC(=O)C(=CO)N=Nc1ccc([N+](=O)[O-])cc1. The predicted molar refractivity (Wildman–Crippen MR) is 59.0 cm³/mol. The first-order valence-electron chi connectivity index (χ1n) is 4.56. The Hall–Kier alpha value is -2.57. The molecule has 0 fully saturated rings. The van der Waals surface area contributed by atoms with Crippen molar-refractivity contribution in [3.63, 3.8) is 0 Å². The molecular weight excluding hydrogens is 226 g/mol. The summed E-state index contributed by atoms with van der Waals surface area (Å²) in [4.78, 5) is 20.7. The zero-order valence-corrected chi connectivity index (χ0v) is 8.90. The first-order valence-corrected chi connectivity index (χ1v) is 4.56. The molecule has 0 saturated carbocycles. The lowest BCUT2D eigenvalue weighted by molar-refractivity contribution is -0.384. The fourth-order valence-electron chi connectivity index (χ4n) is 0.940. The van der Waals surface area contributed by atoms with E-state index in [-0.39, 0.29) is 11.4 Å². The number of nitro benzene ring substituents is 1. The van der Waals surface area contributed by atoms with Crippen molar-refractivity contribution >= 4 is 17.2 Å². The number of aliphatic hydroxyl groups excluding tert-OH is 1. The zero-order chi connectivity index (χ0) is 12.8. The third-order valence-electron chi connectivity index (χ3n) is 1.82. The Morgan fingerprint density at radius 1 is 1.41 bits per heavy atom. The van der Waals surface area contributed by atoms with Crippen LogP contribution in [0.2, 0.25) is 0 Å². The highest BCUT2D eigenvalue weighted by molar-refractivity contribution is 5.92. The summed E-state index contributed by atoms with van der Waals surface area (Å²) < 4.78 is 0. The van der Waals surface area contributed by atoms with Crippen LogP contribution in [0.3, 0.4) is 0 Å². The molecule has 0 aliphatic carbocycles. The van der Waals surface area contributed by atoms with E-state index in [1.165, 1.54) is 31.2 Å². The first kappa shape index (κ1) is 12.5. The van der Waals surface area contributed by atoms with Gasteiger partial charge in [0.25, 0.3) is 5.69 Å². The summed E-state index contributed by atoms with van der Waals surface area (Å²) in [6.07, 6.45) is 0.553. The van der Waals surface area contributed by atoms with Gasteiger partial charge in [-0.3, -0.25) is 14.9 Å². The van der Waals surface area contributed by atoms with Gasteiger partial charge in [-0.2, -0.15) is 5.11 Å². The second kappa shape index (κ2) is 5.50. The Bertz CT molecular complexity index is 491. The number of aliphatic hydroxyl groups is 1. The fraction of sp³-hybridized carbons (Fsp3) is 0.100. The van der Waals surface area contributed by atoms with E-state index in [0.717, 1.165) is 0 Å². The summed E-state index contributed by atoms with van der Waals surface area (Å²) in [5.41, 5.74) is 0.0907. The van der Waals surface area contributed by atoms with Gasteiger partial charge in [-0.25, -0.2) is 0 Å². The molecule has 1 aromatic carbocycles. The molecular formula is C10H9N3O4. The monoisotopic (exact) mass is 235 g/mol. The maximum atomic E-state index is 10.9. The van der Waals surface area contributed by atoms with Crippen molar-refractivity contribution in [2.24, 2.45) is 10.2 Å². The summed E-state index contributed by atoms with van der Waals surface area (Å²) >= 11 is 0. The van der Waals surface area contributed by atoms with Gasteiger partial charge in [0.15, 0.2) is 11.5 Å². The molecule has 0 heterocycles. The first-order chi connectivity index (χ1) is 8.04. The molecule has 0 bridgehead atoms. The van der Waals surface area contributed by atoms with Crippen molar-refractivity contribution in [1.29, 1.82) is 0 Å². The molecule has 7 heteroatoms. The summed E-state index contributed by atoms with van der Waals surface area (Å²) in [6.45, 7) is 1.23. The largest absolute Gasteiger partial charge is 0.513 e. The summed E-state index contributed by atoms with van der Waals surface area (Å²) in [5, 5.41) is 26.2. The third-order valence-corrected chi connectivity index (χ3v) is 1.82. The number of hydrogen-bond acceptors (Lipinski definition) is 6. The van der Waals surface area contributed by atoms with E-state index in [1.54, 1.807) is 0 Å². The van der Waals surface area contributed by atoms with Crippen LogP contribution in [-0.2, 0) is 4.79 Å². The Balaban J connectivity index is 2.86. The summed E-state index contributed by atoms with van der Waals surface area (Å²) in [5.74, 6) is -0.432. The number of nitrogens with zero attached hydrogens (tertiary/aromatic N) is 3. The molecule has 1 rings (SSSR count). The second-order valence-corrected chi connectivity index (χ2v) is 3.04. The van der Waals surface area contributed by atoms with Gasteiger partial charge >= 0.3 is 0 Å². The lowest BCUT2D eigenvalue weighted by atomic mass is 10.3. The number of carbonyl (C=O) groups is 1. The topological polar surface area (TPSA) is 105 Å². The Morgan fingerprint density at radius 2 is 2.00 bits per heavy atom. The van der Waals surface area contributed by atoms with E-state index in [9.17, 15) is 14.9 Å². The molecule has 0 spiro atoms. The molecule has 0 aliphatic heterocycles. The number of carbonyl (C=O) groups excluding carboxylic acids is 1. The van der Waals surface area contributed by atoms with Crippen molar-refractivity contribution in [2.45, 2.75) is 6.92 Å². The number of non-ortho nitro benzene ring substituents is 1. The minimum Gasteiger partial charge on any atom is -0.513 e. The predicted octanol–water partition coefficient (Wildman–Crippen LogP) is 2.67. The van der Waals surface area contributed by atoms with E-state index in [1.807, 2.05) is 0 Å². The number of ketones is 1. The van der Waals surface area contributed by atoms with Crippen LogP contribution in [0, 0.1) is 10.1 Å². The van der Waals surface area contributed by atoms with E-state index in [0.29, 0.717) is 11.9 Å².